The Morgan fingerprint density at radius 2 is 1.79 bits per heavy atom. The fraction of sp³-hybridized carbons (Fsp3) is 0.500. The summed E-state index contributed by atoms with van der Waals surface area (Å²) in [4.78, 5) is 2.04. The molecule has 0 amide bonds. The van der Waals surface area contributed by atoms with Crippen LogP contribution in [0.1, 0.15) is 30.4 Å². The van der Waals surface area contributed by atoms with Crippen molar-refractivity contribution in [3.05, 3.63) is 35.4 Å². The fourth-order valence-corrected chi connectivity index (χ4v) is 1.78. The van der Waals surface area contributed by atoms with Gasteiger partial charge in [0.25, 0.3) is 0 Å². The fourth-order valence-electron chi connectivity index (χ4n) is 1.78. The molecule has 1 rings (SSSR count). The lowest BCUT2D eigenvalue weighted by Crippen LogP contribution is -2.19. The number of halogens is 3. The van der Waals surface area contributed by atoms with Crippen molar-refractivity contribution >= 4 is 0 Å². The van der Waals surface area contributed by atoms with Crippen LogP contribution in [0.15, 0.2) is 24.3 Å². The first kappa shape index (κ1) is 15.5. The lowest BCUT2D eigenvalue weighted by Gasteiger charge is -2.16. The van der Waals surface area contributed by atoms with Gasteiger partial charge in [0.05, 0.1) is 11.6 Å². The van der Waals surface area contributed by atoms with E-state index in [1.54, 1.807) is 0 Å². The molecule has 1 aromatic carbocycles. The van der Waals surface area contributed by atoms with Gasteiger partial charge in [-0.25, -0.2) is 0 Å². The van der Waals surface area contributed by atoms with Gasteiger partial charge >= 0.3 is 6.18 Å². The normalized spacial score (nSPS) is 11.6. The van der Waals surface area contributed by atoms with Gasteiger partial charge in [-0.2, -0.15) is 18.4 Å². The van der Waals surface area contributed by atoms with E-state index in [-0.39, 0.29) is 0 Å². The van der Waals surface area contributed by atoms with Crippen LogP contribution >= 0.6 is 0 Å². The van der Waals surface area contributed by atoms with E-state index < -0.39 is 11.7 Å². The molecule has 0 radical (unpaired) electrons. The molecule has 5 heteroatoms. The van der Waals surface area contributed by atoms with Gasteiger partial charge in [-0.1, -0.05) is 12.1 Å². The Morgan fingerprint density at radius 3 is 2.32 bits per heavy atom. The van der Waals surface area contributed by atoms with Crippen molar-refractivity contribution in [3.8, 4) is 6.07 Å². The molecule has 19 heavy (non-hydrogen) atoms. The molecule has 104 valence electrons. The number of alkyl halides is 3. The van der Waals surface area contributed by atoms with Gasteiger partial charge in [-0.05, 0) is 44.1 Å². The van der Waals surface area contributed by atoms with Crippen molar-refractivity contribution in [2.75, 3.05) is 13.6 Å². The monoisotopic (exact) mass is 270 g/mol. The van der Waals surface area contributed by atoms with Gasteiger partial charge in [-0.15, -0.1) is 0 Å². The summed E-state index contributed by atoms with van der Waals surface area (Å²) in [5.74, 6) is 0. The van der Waals surface area contributed by atoms with E-state index in [4.69, 9.17) is 5.26 Å². The van der Waals surface area contributed by atoms with E-state index >= 15 is 0 Å². The molecule has 0 heterocycles. The van der Waals surface area contributed by atoms with Crippen LogP contribution in [0.25, 0.3) is 0 Å². The standard InChI is InChI=1S/C14H17F3N2/c1-19(10-4-2-3-9-18)11-12-5-7-13(8-6-12)14(15,16)17/h5-8H,2-4,10-11H2,1H3. The van der Waals surface area contributed by atoms with Crippen molar-refractivity contribution in [3.63, 3.8) is 0 Å². The van der Waals surface area contributed by atoms with E-state index in [9.17, 15) is 13.2 Å². The predicted molar refractivity (Wildman–Crippen MR) is 67.2 cm³/mol. The Labute approximate surface area is 111 Å². The number of unbranched alkanes of at least 4 members (excludes halogenated alkanes) is 2. The molecule has 0 aliphatic heterocycles. The van der Waals surface area contributed by atoms with E-state index in [2.05, 4.69) is 6.07 Å². The Balaban J connectivity index is 2.43. The van der Waals surface area contributed by atoms with Gasteiger partial charge in [0.15, 0.2) is 0 Å². The molecule has 0 unspecified atom stereocenters. The molecular weight excluding hydrogens is 253 g/mol. The minimum atomic E-state index is -4.28. The number of hydrogen-bond donors (Lipinski definition) is 0. The lowest BCUT2D eigenvalue weighted by atomic mass is 10.1. The average Bonchev–Trinajstić information content (AvgIpc) is 2.34. The Kier molecular flexibility index (Phi) is 5.84. The molecule has 0 aromatic heterocycles. The highest BCUT2D eigenvalue weighted by atomic mass is 19.4. The molecule has 0 aliphatic rings. The molecule has 0 atom stereocenters. The van der Waals surface area contributed by atoms with Crippen LogP contribution in [0.3, 0.4) is 0 Å². The largest absolute Gasteiger partial charge is 0.416 e. The zero-order valence-corrected chi connectivity index (χ0v) is 10.9. The SMILES string of the molecule is CN(CCCCC#N)Cc1ccc(C(F)(F)F)cc1. The maximum Gasteiger partial charge on any atom is 0.416 e. The highest BCUT2D eigenvalue weighted by Gasteiger charge is 2.29. The summed E-state index contributed by atoms with van der Waals surface area (Å²) in [7, 11) is 1.92. The van der Waals surface area contributed by atoms with Gasteiger partial charge < -0.3 is 4.90 Å². The highest BCUT2D eigenvalue weighted by Crippen LogP contribution is 2.29. The summed E-state index contributed by atoms with van der Waals surface area (Å²) in [6, 6.07) is 7.32. The van der Waals surface area contributed by atoms with Crippen LogP contribution in [-0.2, 0) is 12.7 Å². The maximum atomic E-state index is 12.4. The second-order valence-electron chi connectivity index (χ2n) is 4.55. The Morgan fingerprint density at radius 1 is 1.16 bits per heavy atom. The molecule has 0 N–H and O–H groups in total. The first-order chi connectivity index (χ1) is 8.93. The maximum absolute atomic E-state index is 12.4. The molecule has 0 aliphatic carbocycles. The van der Waals surface area contributed by atoms with E-state index in [0.29, 0.717) is 13.0 Å². The lowest BCUT2D eigenvalue weighted by molar-refractivity contribution is -0.137. The van der Waals surface area contributed by atoms with Crippen molar-refractivity contribution in [2.45, 2.75) is 32.0 Å². The molecule has 1 aromatic rings. The second kappa shape index (κ2) is 7.15. The van der Waals surface area contributed by atoms with Crippen molar-refractivity contribution in [2.24, 2.45) is 0 Å². The summed E-state index contributed by atoms with van der Waals surface area (Å²) < 4.78 is 37.2. The summed E-state index contributed by atoms with van der Waals surface area (Å²) in [5.41, 5.74) is 0.240. The number of benzene rings is 1. The number of rotatable bonds is 6. The Hall–Kier alpha value is -1.54. The molecule has 0 bridgehead atoms. The van der Waals surface area contributed by atoms with Crippen LogP contribution in [0.5, 0.6) is 0 Å². The quantitative estimate of drug-likeness (QED) is 0.734. The second-order valence-corrected chi connectivity index (χ2v) is 4.55. The summed E-state index contributed by atoms with van der Waals surface area (Å²) in [6.45, 7) is 1.45. The first-order valence-electron chi connectivity index (χ1n) is 6.15. The smallest absolute Gasteiger partial charge is 0.302 e. The molecule has 0 fully saturated rings. The molecule has 0 saturated carbocycles. The van der Waals surface area contributed by atoms with Crippen LogP contribution in [0, 0.1) is 11.3 Å². The third-order valence-electron chi connectivity index (χ3n) is 2.81. The predicted octanol–water partition coefficient (Wildman–Crippen LogP) is 3.83. The number of nitrogens with zero attached hydrogens (tertiary/aromatic N) is 2. The van der Waals surface area contributed by atoms with Crippen LogP contribution in [0.4, 0.5) is 13.2 Å². The van der Waals surface area contributed by atoms with Crippen LogP contribution in [0.2, 0.25) is 0 Å². The molecule has 2 nitrogen and oxygen atoms in total. The summed E-state index contributed by atoms with van der Waals surface area (Å²) in [5, 5.41) is 8.40. The van der Waals surface area contributed by atoms with Crippen LogP contribution in [-0.4, -0.2) is 18.5 Å². The summed E-state index contributed by atoms with van der Waals surface area (Å²) in [6.07, 6.45) is -1.95. The van der Waals surface area contributed by atoms with Gasteiger partial charge in [0.1, 0.15) is 0 Å². The highest BCUT2D eigenvalue weighted by molar-refractivity contribution is 5.24. The third kappa shape index (κ3) is 5.75. The van der Waals surface area contributed by atoms with Gasteiger partial charge in [0.2, 0.25) is 0 Å². The van der Waals surface area contributed by atoms with E-state index in [1.165, 1.54) is 12.1 Å². The average molecular weight is 270 g/mol. The molecule has 0 spiro atoms. The van der Waals surface area contributed by atoms with E-state index in [1.807, 2.05) is 11.9 Å². The van der Waals surface area contributed by atoms with Crippen LogP contribution < -0.4 is 0 Å². The third-order valence-corrected chi connectivity index (χ3v) is 2.81. The Bertz CT molecular complexity index is 418. The first-order valence-corrected chi connectivity index (χ1v) is 6.15. The minimum Gasteiger partial charge on any atom is -0.302 e. The molecular formula is C14H17F3N2. The van der Waals surface area contributed by atoms with Crippen molar-refractivity contribution in [1.29, 1.82) is 5.26 Å². The minimum absolute atomic E-state index is 0.550. The van der Waals surface area contributed by atoms with Crippen molar-refractivity contribution in [1.82, 2.24) is 4.90 Å². The number of nitriles is 1. The zero-order valence-electron chi connectivity index (χ0n) is 10.9. The zero-order chi connectivity index (χ0) is 14.3. The van der Waals surface area contributed by atoms with Gasteiger partial charge in [0, 0.05) is 13.0 Å². The van der Waals surface area contributed by atoms with Crippen molar-refractivity contribution < 1.29 is 13.2 Å². The summed E-state index contributed by atoms with van der Waals surface area (Å²) >= 11 is 0. The van der Waals surface area contributed by atoms with E-state index in [0.717, 1.165) is 37.1 Å². The van der Waals surface area contributed by atoms with Gasteiger partial charge in [-0.3, -0.25) is 0 Å². The number of hydrogen-bond acceptors (Lipinski definition) is 2. The molecule has 0 saturated heterocycles. The topological polar surface area (TPSA) is 27.0 Å².